The molecule has 13 heteroatoms. The third kappa shape index (κ3) is 5.40. The van der Waals surface area contributed by atoms with Gasteiger partial charge >= 0.3 is 5.76 Å². The van der Waals surface area contributed by atoms with Crippen molar-refractivity contribution in [3.05, 3.63) is 69.7 Å². The summed E-state index contributed by atoms with van der Waals surface area (Å²) in [5, 5.41) is 4.03. The molecule has 1 saturated carbocycles. The van der Waals surface area contributed by atoms with Gasteiger partial charge in [-0.3, -0.25) is 9.51 Å². The van der Waals surface area contributed by atoms with Crippen molar-refractivity contribution in [3.63, 3.8) is 0 Å². The van der Waals surface area contributed by atoms with Gasteiger partial charge in [0.05, 0.1) is 29.8 Å². The van der Waals surface area contributed by atoms with Crippen LogP contribution in [0.3, 0.4) is 0 Å². The molecule has 1 aromatic carbocycles. The van der Waals surface area contributed by atoms with Gasteiger partial charge in [-0.15, -0.1) is 0 Å². The number of anilines is 1. The summed E-state index contributed by atoms with van der Waals surface area (Å²) in [6.07, 6.45) is 5.70. The number of H-pyrrole nitrogens is 1. The number of nitrogens with zero attached hydrogens (tertiary/aromatic N) is 7. The van der Waals surface area contributed by atoms with Crippen molar-refractivity contribution in [2.24, 2.45) is 11.8 Å². The van der Waals surface area contributed by atoms with E-state index in [1.54, 1.807) is 0 Å². The molecule has 1 saturated heterocycles. The highest BCUT2D eigenvalue weighted by Gasteiger charge is 2.33. The number of morpholine rings is 1. The fourth-order valence-electron chi connectivity index (χ4n) is 6.19. The second kappa shape index (κ2) is 11.5. The van der Waals surface area contributed by atoms with Gasteiger partial charge in [0.25, 0.3) is 0 Å². The van der Waals surface area contributed by atoms with Crippen LogP contribution in [0.25, 0.3) is 34.1 Å². The number of fused-ring (bicyclic) bond motifs is 1. The smallest absolute Gasteiger partial charge is 0.377 e. The summed E-state index contributed by atoms with van der Waals surface area (Å²) < 4.78 is 28.2. The largest absolute Gasteiger partial charge is 0.439 e. The van der Waals surface area contributed by atoms with Crippen molar-refractivity contribution in [2.45, 2.75) is 45.2 Å². The zero-order valence-corrected chi connectivity index (χ0v) is 24.3. The van der Waals surface area contributed by atoms with Crippen LogP contribution in [-0.2, 0) is 11.3 Å². The van der Waals surface area contributed by atoms with Crippen molar-refractivity contribution >= 4 is 28.7 Å². The zero-order chi connectivity index (χ0) is 29.5. The third-order valence-electron chi connectivity index (χ3n) is 8.44. The Balaban J connectivity index is 1.47. The topological polar surface area (TPSA) is 128 Å². The first-order valence-corrected chi connectivity index (χ1v) is 14.9. The molecule has 4 aromatic heterocycles. The number of aromatic amines is 1. The second-order valence-electron chi connectivity index (χ2n) is 11.3. The van der Waals surface area contributed by atoms with Crippen LogP contribution in [0.1, 0.15) is 44.2 Å². The van der Waals surface area contributed by atoms with E-state index < -0.39 is 11.7 Å². The number of aromatic nitrogens is 7. The van der Waals surface area contributed by atoms with Gasteiger partial charge < -0.3 is 14.2 Å². The van der Waals surface area contributed by atoms with Crippen LogP contribution >= 0.6 is 11.6 Å². The monoisotopic (exact) mass is 604 g/mol. The Morgan fingerprint density at radius 1 is 1.12 bits per heavy atom. The summed E-state index contributed by atoms with van der Waals surface area (Å²) in [7, 11) is 0. The highest BCUT2D eigenvalue weighted by molar-refractivity contribution is 6.30. The molecular weight excluding hydrogens is 575 g/mol. The minimum absolute atomic E-state index is 0.00875. The maximum absolute atomic E-state index is 15.4. The lowest BCUT2D eigenvalue weighted by atomic mass is 9.83. The highest BCUT2D eigenvalue weighted by Crippen LogP contribution is 2.39. The first-order chi connectivity index (χ1) is 20.9. The molecule has 222 valence electrons. The van der Waals surface area contributed by atoms with Gasteiger partial charge in [0, 0.05) is 19.3 Å². The standard InChI is InChI=1S/C30H30ClFN8O3/c1-17-7-9-18(10-8-17)15-40-24-23(21-13-20(31)14-33-25(21)32)34-27(28-37-30(41)43-38-28)35-26(24)36-29(40)39-11-12-42-16-22(39)19-5-3-2-4-6-19/h2-6,13-14,17-18,22H,7-12,15-16H2,1H3,(H,37,38,41)/t17?,18?,22-/m0/s1. The van der Waals surface area contributed by atoms with Crippen LogP contribution in [0.4, 0.5) is 10.3 Å². The van der Waals surface area contributed by atoms with Crippen molar-refractivity contribution in [1.82, 2.24) is 34.6 Å². The lowest BCUT2D eigenvalue weighted by Gasteiger charge is -2.37. The average Bonchev–Trinajstić information content (AvgIpc) is 3.63. The van der Waals surface area contributed by atoms with Gasteiger partial charge in [-0.1, -0.05) is 66.9 Å². The number of benzene rings is 1. The van der Waals surface area contributed by atoms with Crippen LogP contribution in [0.2, 0.25) is 5.02 Å². The van der Waals surface area contributed by atoms with E-state index in [9.17, 15) is 4.79 Å². The molecule has 0 spiro atoms. The lowest BCUT2D eigenvalue weighted by Crippen LogP contribution is -2.41. The molecule has 5 heterocycles. The van der Waals surface area contributed by atoms with Crippen LogP contribution in [0.5, 0.6) is 0 Å². The summed E-state index contributed by atoms with van der Waals surface area (Å²) in [6.45, 7) is 4.58. The number of hydrogen-bond acceptors (Lipinski definition) is 9. The zero-order valence-electron chi connectivity index (χ0n) is 23.5. The number of halogens is 2. The molecule has 43 heavy (non-hydrogen) atoms. The first-order valence-electron chi connectivity index (χ1n) is 14.5. The first kappa shape index (κ1) is 27.7. The number of imidazole rings is 1. The van der Waals surface area contributed by atoms with Crippen LogP contribution in [0.15, 0.2) is 51.9 Å². The van der Waals surface area contributed by atoms with E-state index in [4.69, 9.17) is 35.8 Å². The molecule has 0 radical (unpaired) electrons. The molecule has 7 rings (SSSR count). The Morgan fingerprint density at radius 3 is 2.70 bits per heavy atom. The minimum atomic E-state index is -0.757. The van der Waals surface area contributed by atoms with Gasteiger partial charge in [0.1, 0.15) is 11.2 Å². The van der Waals surface area contributed by atoms with Gasteiger partial charge in [-0.05, 0) is 36.3 Å². The molecule has 2 aliphatic rings. The minimum Gasteiger partial charge on any atom is -0.377 e. The van der Waals surface area contributed by atoms with E-state index in [-0.39, 0.29) is 34.0 Å². The summed E-state index contributed by atoms with van der Waals surface area (Å²) >= 11 is 6.31. The van der Waals surface area contributed by atoms with E-state index in [2.05, 4.69) is 43.6 Å². The number of rotatable bonds is 6. The van der Waals surface area contributed by atoms with E-state index in [1.165, 1.54) is 12.3 Å². The molecule has 11 nitrogen and oxygen atoms in total. The normalized spacial score (nSPS) is 21.0. The maximum Gasteiger partial charge on any atom is 0.439 e. The predicted octanol–water partition coefficient (Wildman–Crippen LogP) is 5.43. The maximum atomic E-state index is 15.4. The summed E-state index contributed by atoms with van der Waals surface area (Å²) in [6, 6.07) is 11.6. The Kier molecular flexibility index (Phi) is 7.39. The quantitative estimate of drug-likeness (QED) is 0.252. The summed E-state index contributed by atoms with van der Waals surface area (Å²) in [4.78, 5) is 34.9. The fraction of sp³-hybridized carbons (Fsp3) is 0.400. The molecule has 0 amide bonds. The SMILES string of the molecule is CC1CCC(Cn2c(N3CCOC[C@H]3c3ccccc3)nc3nc(-c4noc(=O)[nH]4)nc(-c4cc(Cl)cnc4F)c32)CC1. The predicted molar refractivity (Wildman–Crippen MR) is 158 cm³/mol. The molecule has 1 atom stereocenters. The van der Waals surface area contributed by atoms with Gasteiger partial charge in [0.15, 0.2) is 5.65 Å². The van der Waals surface area contributed by atoms with Crippen LogP contribution in [-0.4, -0.2) is 54.4 Å². The molecular formula is C30H30ClFN8O3. The highest BCUT2D eigenvalue weighted by atomic mass is 35.5. The van der Waals surface area contributed by atoms with Crippen molar-refractivity contribution in [1.29, 1.82) is 0 Å². The Labute approximate surface area is 251 Å². The Hall–Kier alpha value is -4.16. The molecule has 0 unspecified atom stereocenters. The Bertz CT molecular complexity index is 1820. The number of hydrogen-bond donors (Lipinski definition) is 1. The molecule has 2 fully saturated rings. The fourth-order valence-corrected chi connectivity index (χ4v) is 6.35. The number of pyridine rings is 1. The summed E-state index contributed by atoms with van der Waals surface area (Å²) in [5.74, 6) is 0.333. The van der Waals surface area contributed by atoms with E-state index in [0.29, 0.717) is 55.3 Å². The second-order valence-corrected chi connectivity index (χ2v) is 11.8. The van der Waals surface area contributed by atoms with Crippen LogP contribution < -0.4 is 10.7 Å². The van der Waals surface area contributed by atoms with Gasteiger partial charge in [0.2, 0.25) is 23.5 Å². The average molecular weight is 605 g/mol. The molecule has 1 N–H and O–H groups in total. The molecule has 0 bridgehead atoms. The molecule has 1 aliphatic carbocycles. The summed E-state index contributed by atoms with van der Waals surface area (Å²) in [5.41, 5.74) is 2.34. The van der Waals surface area contributed by atoms with Crippen LogP contribution in [0, 0.1) is 17.8 Å². The van der Waals surface area contributed by atoms with E-state index >= 15 is 4.39 Å². The van der Waals surface area contributed by atoms with Gasteiger partial charge in [-0.25, -0.2) is 19.7 Å². The molecule has 1 aliphatic heterocycles. The number of nitrogens with one attached hydrogen (secondary N) is 1. The van der Waals surface area contributed by atoms with Gasteiger partial charge in [-0.2, -0.15) is 9.37 Å². The Morgan fingerprint density at radius 2 is 1.93 bits per heavy atom. The lowest BCUT2D eigenvalue weighted by molar-refractivity contribution is 0.0927. The van der Waals surface area contributed by atoms with Crippen molar-refractivity contribution in [3.8, 4) is 22.9 Å². The number of ether oxygens (including phenoxy) is 1. The van der Waals surface area contributed by atoms with E-state index in [1.807, 2.05) is 18.2 Å². The molecule has 5 aromatic rings. The van der Waals surface area contributed by atoms with E-state index in [0.717, 1.165) is 31.2 Å². The van der Waals surface area contributed by atoms with Crippen molar-refractivity contribution in [2.75, 3.05) is 24.7 Å². The van der Waals surface area contributed by atoms with Crippen molar-refractivity contribution < 1.29 is 13.7 Å². The third-order valence-corrected chi connectivity index (χ3v) is 8.65.